The quantitative estimate of drug-likeness (QED) is 0.692. The first-order chi connectivity index (χ1) is 5.25. The van der Waals surface area contributed by atoms with Crippen molar-refractivity contribution in [1.82, 2.24) is 0 Å². The number of anilines is 1. The van der Waals surface area contributed by atoms with Crippen molar-refractivity contribution in [2.75, 3.05) is 5.32 Å². The molecule has 0 fully saturated rings. The number of rotatable bonds is 3. The molecule has 1 amide bonds. The van der Waals surface area contributed by atoms with Crippen LogP contribution in [0.4, 0.5) is 5.00 Å². The zero-order chi connectivity index (χ0) is 8.27. The Kier molecular flexibility index (Phi) is 2.65. The first-order valence-electron chi connectivity index (χ1n) is 3.53. The summed E-state index contributed by atoms with van der Waals surface area (Å²) in [7, 11) is 0. The van der Waals surface area contributed by atoms with E-state index in [4.69, 9.17) is 0 Å². The second-order valence-electron chi connectivity index (χ2n) is 2.62. The van der Waals surface area contributed by atoms with Gasteiger partial charge < -0.3 is 5.32 Å². The molecule has 0 atom stereocenters. The standard InChI is InChI=1S/C8H11NOS/c1-6(2)7-3-4-11-8(7)9-5-10/h3-6H,1-2H3,(H,9,10). The van der Waals surface area contributed by atoms with Crippen LogP contribution in [-0.4, -0.2) is 6.41 Å². The molecule has 0 unspecified atom stereocenters. The highest BCUT2D eigenvalue weighted by Gasteiger charge is 2.05. The van der Waals surface area contributed by atoms with Crippen LogP contribution in [0.25, 0.3) is 0 Å². The smallest absolute Gasteiger partial charge is 0.212 e. The zero-order valence-electron chi connectivity index (χ0n) is 6.63. The fourth-order valence-electron chi connectivity index (χ4n) is 0.945. The van der Waals surface area contributed by atoms with Gasteiger partial charge in [0.05, 0.1) is 5.00 Å². The van der Waals surface area contributed by atoms with Crippen molar-refractivity contribution in [1.29, 1.82) is 0 Å². The molecular formula is C8H11NOS. The third-order valence-electron chi connectivity index (χ3n) is 1.51. The lowest BCUT2D eigenvalue weighted by molar-refractivity contribution is -0.105. The molecule has 3 heteroatoms. The number of carbonyl (C=O) groups excluding carboxylic acids is 1. The Hall–Kier alpha value is -0.830. The number of thiophene rings is 1. The van der Waals surface area contributed by atoms with Crippen molar-refractivity contribution in [3.05, 3.63) is 17.0 Å². The summed E-state index contributed by atoms with van der Waals surface area (Å²) in [6.45, 7) is 4.22. The van der Waals surface area contributed by atoms with Gasteiger partial charge in [-0.3, -0.25) is 4.79 Å². The fraction of sp³-hybridized carbons (Fsp3) is 0.375. The van der Waals surface area contributed by atoms with Crippen LogP contribution < -0.4 is 5.32 Å². The van der Waals surface area contributed by atoms with Gasteiger partial charge in [-0.1, -0.05) is 13.8 Å². The first kappa shape index (κ1) is 8.27. The minimum absolute atomic E-state index is 0.476. The Morgan fingerprint density at radius 2 is 2.36 bits per heavy atom. The average Bonchev–Trinajstić information content (AvgIpc) is 2.36. The molecule has 0 spiro atoms. The van der Waals surface area contributed by atoms with E-state index >= 15 is 0 Å². The molecule has 1 aromatic rings. The van der Waals surface area contributed by atoms with Crippen molar-refractivity contribution in [2.24, 2.45) is 0 Å². The summed E-state index contributed by atoms with van der Waals surface area (Å²) in [6.07, 6.45) is 0.720. The molecular weight excluding hydrogens is 158 g/mol. The monoisotopic (exact) mass is 169 g/mol. The van der Waals surface area contributed by atoms with Crippen LogP contribution in [0, 0.1) is 0 Å². The van der Waals surface area contributed by atoms with Gasteiger partial charge in [-0.15, -0.1) is 11.3 Å². The molecule has 0 aliphatic carbocycles. The molecule has 0 aliphatic rings. The number of carbonyl (C=O) groups is 1. The van der Waals surface area contributed by atoms with Gasteiger partial charge in [-0.2, -0.15) is 0 Å². The Labute approximate surface area is 70.2 Å². The van der Waals surface area contributed by atoms with Gasteiger partial charge in [0.25, 0.3) is 0 Å². The Morgan fingerprint density at radius 3 is 2.91 bits per heavy atom. The Morgan fingerprint density at radius 1 is 1.64 bits per heavy atom. The first-order valence-corrected chi connectivity index (χ1v) is 4.41. The lowest BCUT2D eigenvalue weighted by atomic mass is 10.1. The highest BCUT2D eigenvalue weighted by molar-refractivity contribution is 7.14. The molecule has 11 heavy (non-hydrogen) atoms. The van der Waals surface area contributed by atoms with Crippen molar-refractivity contribution in [3.63, 3.8) is 0 Å². The van der Waals surface area contributed by atoms with Gasteiger partial charge in [0.1, 0.15) is 0 Å². The summed E-state index contributed by atoms with van der Waals surface area (Å²) in [5.74, 6) is 0.476. The number of hydrogen-bond acceptors (Lipinski definition) is 2. The molecule has 1 heterocycles. The van der Waals surface area contributed by atoms with Crippen LogP contribution in [0.15, 0.2) is 11.4 Å². The van der Waals surface area contributed by atoms with E-state index in [-0.39, 0.29) is 0 Å². The van der Waals surface area contributed by atoms with Gasteiger partial charge in [0.2, 0.25) is 6.41 Å². The van der Waals surface area contributed by atoms with Crippen LogP contribution in [0.1, 0.15) is 25.3 Å². The highest BCUT2D eigenvalue weighted by atomic mass is 32.1. The van der Waals surface area contributed by atoms with Crippen LogP contribution in [0.5, 0.6) is 0 Å². The summed E-state index contributed by atoms with van der Waals surface area (Å²) in [5, 5.41) is 5.63. The third kappa shape index (κ3) is 1.80. The molecule has 0 aromatic carbocycles. The lowest BCUT2D eigenvalue weighted by Crippen LogP contribution is -1.95. The maximum Gasteiger partial charge on any atom is 0.212 e. The molecule has 0 radical (unpaired) electrons. The predicted octanol–water partition coefficient (Wildman–Crippen LogP) is 2.44. The number of hydrogen-bond donors (Lipinski definition) is 1. The lowest BCUT2D eigenvalue weighted by Gasteiger charge is -2.04. The van der Waals surface area contributed by atoms with Gasteiger partial charge in [0, 0.05) is 0 Å². The van der Waals surface area contributed by atoms with Crippen LogP contribution in [0.2, 0.25) is 0 Å². The normalized spacial score (nSPS) is 10.1. The molecule has 2 nitrogen and oxygen atoms in total. The van der Waals surface area contributed by atoms with Gasteiger partial charge in [-0.05, 0) is 22.9 Å². The number of amides is 1. The maximum atomic E-state index is 10.1. The van der Waals surface area contributed by atoms with E-state index in [2.05, 4.69) is 19.2 Å². The Balaban J connectivity index is 2.86. The topological polar surface area (TPSA) is 29.1 Å². The van der Waals surface area contributed by atoms with Crippen molar-refractivity contribution < 1.29 is 4.79 Å². The largest absolute Gasteiger partial charge is 0.320 e. The maximum absolute atomic E-state index is 10.1. The van der Waals surface area contributed by atoms with E-state index in [0.29, 0.717) is 5.92 Å². The summed E-state index contributed by atoms with van der Waals surface area (Å²) >= 11 is 1.56. The number of nitrogens with one attached hydrogen (secondary N) is 1. The van der Waals surface area contributed by atoms with Gasteiger partial charge >= 0.3 is 0 Å². The van der Waals surface area contributed by atoms with Crippen molar-refractivity contribution >= 4 is 22.7 Å². The summed E-state index contributed by atoms with van der Waals surface area (Å²) < 4.78 is 0. The minimum atomic E-state index is 0.476. The molecule has 60 valence electrons. The predicted molar refractivity (Wildman–Crippen MR) is 48.1 cm³/mol. The average molecular weight is 169 g/mol. The SMILES string of the molecule is CC(C)c1ccsc1NC=O. The van der Waals surface area contributed by atoms with E-state index in [9.17, 15) is 4.79 Å². The molecule has 0 saturated carbocycles. The molecule has 0 saturated heterocycles. The van der Waals surface area contributed by atoms with Crippen molar-refractivity contribution in [2.45, 2.75) is 19.8 Å². The molecule has 0 aliphatic heterocycles. The van der Waals surface area contributed by atoms with Crippen LogP contribution in [-0.2, 0) is 4.79 Å². The highest BCUT2D eigenvalue weighted by Crippen LogP contribution is 2.28. The van der Waals surface area contributed by atoms with E-state index in [1.54, 1.807) is 11.3 Å². The molecule has 0 bridgehead atoms. The summed E-state index contributed by atoms with van der Waals surface area (Å²) in [5.41, 5.74) is 1.21. The van der Waals surface area contributed by atoms with Crippen LogP contribution >= 0.6 is 11.3 Å². The summed E-state index contributed by atoms with van der Waals surface area (Å²) in [4.78, 5) is 10.1. The van der Waals surface area contributed by atoms with Crippen LogP contribution in [0.3, 0.4) is 0 Å². The third-order valence-corrected chi connectivity index (χ3v) is 2.37. The molecule has 1 aromatic heterocycles. The summed E-state index contributed by atoms with van der Waals surface area (Å²) in [6, 6.07) is 2.04. The van der Waals surface area contributed by atoms with E-state index in [1.807, 2.05) is 11.4 Å². The van der Waals surface area contributed by atoms with Gasteiger partial charge in [0.15, 0.2) is 0 Å². The van der Waals surface area contributed by atoms with E-state index < -0.39 is 0 Å². The minimum Gasteiger partial charge on any atom is -0.320 e. The van der Waals surface area contributed by atoms with E-state index in [0.717, 1.165) is 11.4 Å². The van der Waals surface area contributed by atoms with E-state index in [1.165, 1.54) is 5.56 Å². The second kappa shape index (κ2) is 3.53. The zero-order valence-corrected chi connectivity index (χ0v) is 7.44. The van der Waals surface area contributed by atoms with Crippen molar-refractivity contribution in [3.8, 4) is 0 Å². The molecule has 1 N–H and O–H groups in total. The fourth-order valence-corrected chi connectivity index (χ4v) is 1.85. The van der Waals surface area contributed by atoms with Gasteiger partial charge in [-0.25, -0.2) is 0 Å². The Bertz CT molecular complexity index is 242. The molecule has 1 rings (SSSR count). The second-order valence-corrected chi connectivity index (χ2v) is 3.54.